The zero-order valence-electron chi connectivity index (χ0n) is 12.8. The molecule has 23 heavy (non-hydrogen) atoms. The molecule has 6 heteroatoms. The highest BCUT2D eigenvalue weighted by atomic mass is 16.3. The molecule has 1 unspecified atom stereocenters. The van der Waals surface area contributed by atoms with Crippen LogP contribution in [0.25, 0.3) is 0 Å². The molecule has 3 rings (SSSR count). The summed E-state index contributed by atoms with van der Waals surface area (Å²) in [7, 11) is 0. The third-order valence-corrected chi connectivity index (χ3v) is 3.86. The van der Waals surface area contributed by atoms with Crippen molar-refractivity contribution in [1.82, 2.24) is 0 Å². The van der Waals surface area contributed by atoms with Gasteiger partial charge in [0.15, 0.2) is 0 Å². The zero-order chi connectivity index (χ0) is 16.6. The lowest BCUT2D eigenvalue weighted by molar-refractivity contribution is -0.119. The van der Waals surface area contributed by atoms with Crippen molar-refractivity contribution in [2.24, 2.45) is 5.92 Å². The maximum Gasteiger partial charge on any atom is 0.261 e. The number of furan rings is 1. The summed E-state index contributed by atoms with van der Waals surface area (Å²) in [6.07, 6.45) is 0. The van der Waals surface area contributed by atoms with Crippen LogP contribution in [0.3, 0.4) is 0 Å². The number of nitrogens with one attached hydrogen (secondary N) is 1. The second-order valence-corrected chi connectivity index (χ2v) is 5.52. The number of carbonyl (C=O) groups excluding carboxylic acids is 2. The molecule has 1 atom stereocenters. The van der Waals surface area contributed by atoms with Crippen LogP contribution in [0.5, 0.6) is 0 Å². The Bertz CT molecular complexity index is 832. The largest absolute Gasteiger partial charge is 0.450 e. The maximum atomic E-state index is 12.9. The molecule has 6 nitrogen and oxygen atoms in total. The number of nitriles is 1. The van der Waals surface area contributed by atoms with E-state index in [1.54, 1.807) is 36.9 Å². The second kappa shape index (κ2) is 5.61. The fraction of sp³-hybridized carbons (Fsp3) is 0.235. The SMILES string of the molecule is Cc1oc(C#N)cc1C(=O)N1CC(C)C(=O)Nc2ccccc21. The fourth-order valence-corrected chi connectivity index (χ4v) is 2.61. The molecule has 116 valence electrons. The normalized spacial score (nSPS) is 17.0. The van der Waals surface area contributed by atoms with Gasteiger partial charge in [0.25, 0.3) is 5.91 Å². The zero-order valence-corrected chi connectivity index (χ0v) is 12.8. The van der Waals surface area contributed by atoms with Crippen LogP contribution in [0, 0.1) is 24.2 Å². The predicted molar refractivity (Wildman–Crippen MR) is 84.1 cm³/mol. The van der Waals surface area contributed by atoms with Crippen molar-refractivity contribution in [2.75, 3.05) is 16.8 Å². The molecule has 1 N–H and O–H groups in total. The number of fused-ring (bicyclic) bond motifs is 1. The highest BCUT2D eigenvalue weighted by Gasteiger charge is 2.30. The summed E-state index contributed by atoms with van der Waals surface area (Å²) in [6, 6.07) is 10.5. The van der Waals surface area contributed by atoms with Crippen molar-refractivity contribution >= 4 is 23.2 Å². The lowest BCUT2D eigenvalue weighted by Gasteiger charge is -2.23. The summed E-state index contributed by atoms with van der Waals surface area (Å²) in [5.41, 5.74) is 1.56. The van der Waals surface area contributed by atoms with E-state index in [0.717, 1.165) is 0 Å². The van der Waals surface area contributed by atoms with E-state index in [-0.39, 0.29) is 30.0 Å². The summed E-state index contributed by atoms with van der Waals surface area (Å²) < 4.78 is 5.25. The van der Waals surface area contributed by atoms with Crippen LogP contribution in [-0.4, -0.2) is 18.4 Å². The average molecular weight is 309 g/mol. The molecular formula is C17H15N3O3. The molecule has 1 aromatic carbocycles. The van der Waals surface area contributed by atoms with Gasteiger partial charge in [0.05, 0.1) is 22.9 Å². The number of carbonyl (C=O) groups is 2. The van der Waals surface area contributed by atoms with Crippen LogP contribution >= 0.6 is 0 Å². The van der Waals surface area contributed by atoms with Crippen molar-refractivity contribution in [1.29, 1.82) is 5.26 Å². The smallest absolute Gasteiger partial charge is 0.261 e. The first-order valence-electron chi connectivity index (χ1n) is 7.23. The Morgan fingerprint density at radius 2 is 2.17 bits per heavy atom. The molecule has 1 aromatic heterocycles. The maximum absolute atomic E-state index is 12.9. The number of aryl methyl sites for hydroxylation is 1. The Morgan fingerprint density at radius 3 is 2.87 bits per heavy atom. The number of amides is 2. The number of hydrogen-bond acceptors (Lipinski definition) is 4. The Balaban J connectivity index is 2.07. The van der Waals surface area contributed by atoms with Crippen LogP contribution < -0.4 is 10.2 Å². The summed E-state index contributed by atoms with van der Waals surface area (Å²) in [5.74, 6) is -0.289. The van der Waals surface area contributed by atoms with Crippen LogP contribution in [-0.2, 0) is 4.79 Å². The third kappa shape index (κ3) is 2.57. The molecule has 2 aromatic rings. The molecule has 0 radical (unpaired) electrons. The second-order valence-electron chi connectivity index (χ2n) is 5.52. The van der Waals surface area contributed by atoms with Gasteiger partial charge in [-0.05, 0) is 19.1 Å². The Hall–Kier alpha value is -3.07. The minimum Gasteiger partial charge on any atom is -0.450 e. The van der Waals surface area contributed by atoms with Gasteiger partial charge in [-0.15, -0.1) is 0 Å². The number of anilines is 2. The highest BCUT2D eigenvalue weighted by Crippen LogP contribution is 2.31. The molecule has 0 spiro atoms. The first-order valence-corrected chi connectivity index (χ1v) is 7.23. The Morgan fingerprint density at radius 1 is 1.43 bits per heavy atom. The van der Waals surface area contributed by atoms with Crippen LogP contribution in [0.15, 0.2) is 34.7 Å². The molecule has 0 bridgehead atoms. The third-order valence-electron chi connectivity index (χ3n) is 3.86. The van der Waals surface area contributed by atoms with Crippen LogP contribution in [0.1, 0.15) is 28.8 Å². The van der Waals surface area contributed by atoms with E-state index in [1.807, 2.05) is 12.1 Å². The quantitative estimate of drug-likeness (QED) is 0.877. The summed E-state index contributed by atoms with van der Waals surface area (Å²) in [6.45, 7) is 3.67. The number of hydrogen-bond donors (Lipinski definition) is 1. The van der Waals surface area contributed by atoms with Gasteiger partial charge in [-0.3, -0.25) is 9.59 Å². The van der Waals surface area contributed by atoms with Gasteiger partial charge >= 0.3 is 0 Å². The molecule has 1 aliphatic heterocycles. The number of nitrogens with zero attached hydrogens (tertiary/aromatic N) is 2. The van der Waals surface area contributed by atoms with E-state index in [0.29, 0.717) is 22.7 Å². The predicted octanol–water partition coefficient (Wildman–Crippen LogP) is 2.69. The van der Waals surface area contributed by atoms with Gasteiger partial charge in [-0.25, -0.2) is 0 Å². The molecule has 0 aliphatic carbocycles. The summed E-state index contributed by atoms with van der Waals surface area (Å²) >= 11 is 0. The Labute approximate surface area is 133 Å². The van der Waals surface area contributed by atoms with Crippen molar-refractivity contribution in [3.8, 4) is 6.07 Å². The lowest BCUT2D eigenvalue weighted by Crippen LogP contribution is -2.36. The van der Waals surface area contributed by atoms with Crippen molar-refractivity contribution in [3.05, 3.63) is 47.4 Å². The van der Waals surface area contributed by atoms with E-state index in [9.17, 15) is 9.59 Å². The van der Waals surface area contributed by atoms with Gasteiger partial charge in [-0.1, -0.05) is 19.1 Å². The van der Waals surface area contributed by atoms with E-state index in [4.69, 9.17) is 9.68 Å². The van der Waals surface area contributed by atoms with Gasteiger partial charge in [0.1, 0.15) is 11.8 Å². The Kier molecular flexibility index (Phi) is 3.62. The van der Waals surface area contributed by atoms with Gasteiger partial charge in [-0.2, -0.15) is 5.26 Å². The van der Waals surface area contributed by atoms with E-state index >= 15 is 0 Å². The monoisotopic (exact) mass is 309 g/mol. The fourth-order valence-electron chi connectivity index (χ4n) is 2.61. The topological polar surface area (TPSA) is 86.3 Å². The van der Waals surface area contributed by atoms with Crippen molar-refractivity contribution in [3.63, 3.8) is 0 Å². The van der Waals surface area contributed by atoms with Crippen molar-refractivity contribution < 1.29 is 14.0 Å². The lowest BCUT2D eigenvalue weighted by atomic mass is 10.1. The van der Waals surface area contributed by atoms with E-state index < -0.39 is 0 Å². The molecule has 1 aliphatic rings. The standard InChI is InChI=1S/C17H15N3O3/c1-10-9-20(15-6-4-3-5-14(15)19-16(10)21)17(22)13-7-12(8-18)23-11(13)2/h3-7,10H,9H2,1-2H3,(H,19,21). The van der Waals surface area contributed by atoms with Crippen LogP contribution in [0.4, 0.5) is 11.4 Å². The van der Waals surface area contributed by atoms with Gasteiger partial charge in [0.2, 0.25) is 11.7 Å². The number of rotatable bonds is 1. The summed E-state index contributed by atoms with van der Waals surface area (Å²) in [4.78, 5) is 26.6. The molecule has 0 fully saturated rings. The van der Waals surface area contributed by atoms with Gasteiger partial charge in [0, 0.05) is 12.6 Å². The van der Waals surface area contributed by atoms with Gasteiger partial charge < -0.3 is 14.6 Å². The first kappa shape index (κ1) is 14.9. The van der Waals surface area contributed by atoms with Crippen molar-refractivity contribution in [2.45, 2.75) is 13.8 Å². The van der Waals surface area contributed by atoms with Crippen LogP contribution in [0.2, 0.25) is 0 Å². The average Bonchev–Trinajstić information content (AvgIpc) is 2.87. The molecule has 2 heterocycles. The molecule has 0 saturated heterocycles. The number of benzene rings is 1. The highest BCUT2D eigenvalue weighted by molar-refractivity contribution is 6.11. The summed E-state index contributed by atoms with van der Waals surface area (Å²) in [5, 5.41) is 11.8. The first-order chi connectivity index (χ1) is 11.0. The van der Waals surface area contributed by atoms with E-state index in [1.165, 1.54) is 6.07 Å². The minimum atomic E-state index is -0.353. The number of para-hydroxylation sites is 2. The molecular weight excluding hydrogens is 294 g/mol. The molecule has 0 saturated carbocycles. The van der Waals surface area contributed by atoms with E-state index in [2.05, 4.69) is 5.32 Å². The molecule has 2 amide bonds. The minimum absolute atomic E-state index is 0.0937.